The van der Waals surface area contributed by atoms with Crippen molar-refractivity contribution in [2.45, 2.75) is 25.6 Å². The Morgan fingerprint density at radius 1 is 1.33 bits per heavy atom. The number of ether oxygens (including phenoxy) is 2. The van der Waals surface area contributed by atoms with E-state index in [4.69, 9.17) is 25.1 Å². The second kappa shape index (κ2) is 10.3. The van der Waals surface area contributed by atoms with E-state index in [0.717, 1.165) is 25.9 Å². The van der Waals surface area contributed by atoms with Crippen LogP contribution in [-0.4, -0.2) is 46.4 Å². The van der Waals surface area contributed by atoms with Crippen LogP contribution < -0.4 is 4.74 Å². The number of nitrogens with zero attached hydrogens (tertiary/aromatic N) is 1. The minimum atomic E-state index is -1.10. The topological polar surface area (TPSA) is 113 Å². The Bertz CT molecular complexity index is 778. The fraction of sp³-hybridized carbons (Fsp3) is 0.316. The molecule has 3 rings (SSSR count). The van der Waals surface area contributed by atoms with Gasteiger partial charge in [-0.25, -0.2) is 9.18 Å². The molecular formula is C19H21FN2O5. The van der Waals surface area contributed by atoms with Crippen molar-refractivity contribution in [2.24, 2.45) is 0 Å². The number of aromatic carboxylic acids is 1. The number of hydrogen-bond donors (Lipinski definition) is 3. The standard InChI is InChI=1S/C14H11FN2O3.C5H10O2/c15-10-3-1-2-4-13(10)20-8-11(16)12-7-9(14(18)19)5-6-17-12;6-5-3-1-2-4-7-5/h1-7,16H,8H2,(H,18,19);5-6H,1-4H2. The normalized spacial score (nSPS) is 16.0. The second-order valence-corrected chi connectivity index (χ2v) is 5.75. The van der Waals surface area contributed by atoms with Crippen molar-refractivity contribution in [1.29, 1.82) is 5.41 Å². The lowest BCUT2D eigenvalue weighted by Gasteiger charge is -2.16. The highest BCUT2D eigenvalue weighted by Gasteiger charge is 2.10. The first kappa shape index (κ1) is 20.5. The van der Waals surface area contributed by atoms with Gasteiger partial charge in [0.2, 0.25) is 0 Å². The lowest BCUT2D eigenvalue weighted by molar-refractivity contribution is -0.123. The van der Waals surface area contributed by atoms with Gasteiger partial charge in [0.1, 0.15) is 6.61 Å². The van der Waals surface area contributed by atoms with E-state index in [1.165, 1.54) is 36.5 Å². The van der Waals surface area contributed by atoms with E-state index in [1.54, 1.807) is 6.07 Å². The summed E-state index contributed by atoms with van der Waals surface area (Å²) in [6, 6.07) is 8.45. The summed E-state index contributed by atoms with van der Waals surface area (Å²) < 4.78 is 23.3. The third-order valence-corrected chi connectivity index (χ3v) is 3.68. The molecule has 0 spiro atoms. The molecular weight excluding hydrogens is 355 g/mol. The molecule has 0 radical (unpaired) electrons. The summed E-state index contributed by atoms with van der Waals surface area (Å²) in [6.45, 7) is 0.540. The Kier molecular flexibility index (Phi) is 7.84. The molecule has 1 atom stereocenters. The molecule has 1 fully saturated rings. The Labute approximate surface area is 155 Å². The van der Waals surface area contributed by atoms with Crippen molar-refractivity contribution >= 4 is 11.7 Å². The highest BCUT2D eigenvalue weighted by atomic mass is 19.1. The van der Waals surface area contributed by atoms with E-state index in [2.05, 4.69) is 4.98 Å². The van der Waals surface area contributed by atoms with Crippen LogP contribution in [0, 0.1) is 11.2 Å². The van der Waals surface area contributed by atoms with Gasteiger partial charge in [0.25, 0.3) is 0 Å². The highest BCUT2D eigenvalue weighted by Crippen LogP contribution is 2.15. The van der Waals surface area contributed by atoms with Gasteiger partial charge in [-0.2, -0.15) is 0 Å². The second-order valence-electron chi connectivity index (χ2n) is 5.75. The number of carboxylic acid groups (broad SMARTS) is 1. The number of halogens is 1. The zero-order valence-electron chi connectivity index (χ0n) is 14.6. The fourth-order valence-corrected chi connectivity index (χ4v) is 2.24. The Morgan fingerprint density at radius 3 is 2.70 bits per heavy atom. The molecule has 1 saturated heterocycles. The maximum Gasteiger partial charge on any atom is 0.335 e. The first-order chi connectivity index (χ1) is 13.0. The summed E-state index contributed by atoms with van der Waals surface area (Å²) in [5, 5.41) is 25.3. The summed E-state index contributed by atoms with van der Waals surface area (Å²) in [7, 11) is 0. The molecule has 0 bridgehead atoms. The minimum absolute atomic E-state index is 0.0312. The van der Waals surface area contributed by atoms with Gasteiger partial charge in [0.05, 0.1) is 17.0 Å². The van der Waals surface area contributed by atoms with Gasteiger partial charge in [-0.05, 0) is 43.5 Å². The molecule has 7 nitrogen and oxygen atoms in total. The van der Waals surface area contributed by atoms with Crippen LogP contribution >= 0.6 is 0 Å². The van der Waals surface area contributed by atoms with Gasteiger partial charge < -0.3 is 19.7 Å². The molecule has 8 heteroatoms. The molecule has 0 amide bonds. The quantitative estimate of drug-likeness (QED) is 0.692. The molecule has 1 unspecified atom stereocenters. The van der Waals surface area contributed by atoms with Crippen LogP contribution in [0.5, 0.6) is 5.75 Å². The number of carboxylic acids is 1. The molecule has 144 valence electrons. The number of para-hydroxylation sites is 1. The van der Waals surface area contributed by atoms with Gasteiger partial charge in [-0.1, -0.05) is 12.1 Å². The zero-order chi connectivity index (χ0) is 19.6. The molecule has 2 aromatic rings. The summed E-state index contributed by atoms with van der Waals surface area (Å²) in [6.07, 6.45) is 3.88. The summed E-state index contributed by atoms with van der Waals surface area (Å²) in [5.41, 5.74) is 0.184. The lowest BCUT2D eigenvalue weighted by Crippen LogP contribution is -2.17. The van der Waals surface area contributed by atoms with Gasteiger partial charge in [0.15, 0.2) is 17.9 Å². The smallest absolute Gasteiger partial charge is 0.335 e. The summed E-state index contributed by atoms with van der Waals surface area (Å²) in [4.78, 5) is 14.7. The number of benzene rings is 1. The molecule has 0 aliphatic carbocycles. The van der Waals surface area contributed by atoms with Crippen molar-refractivity contribution in [3.05, 3.63) is 59.7 Å². The van der Waals surface area contributed by atoms with E-state index in [9.17, 15) is 9.18 Å². The van der Waals surface area contributed by atoms with Crippen molar-refractivity contribution in [2.75, 3.05) is 13.2 Å². The molecule has 27 heavy (non-hydrogen) atoms. The SMILES string of the molecule is N=C(COc1ccccc1F)c1cc(C(=O)O)ccn1.OC1CCCCO1. The number of hydrogen-bond acceptors (Lipinski definition) is 6. The van der Waals surface area contributed by atoms with E-state index in [0.29, 0.717) is 0 Å². The molecule has 1 aromatic carbocycles. The lowest BCUT2D eigenvalue weighted by atomic mass is 10.2. The molecule has 1 aromatic heterocycles. The third kappa shape index (κ3) is 6.76. The van der Waals surface area contributed by atoms with Crippen LogP contribution in [-0.2, 0) is 4.74 Å². The molecule has 2 heterocycles. The van der Waals surface area contributed by atoms with Crippen LogP contribution in [0.15, 0.2) is 42.6 Å². The maximum atomic E-state index is 13.3. The summed E-state index contributed by atoms with van der Waals surface area (Å²) >= 11 is 0. The maximum absolute atomic E-state index is 13.3. The highest BCUT2D eigenvalue weighted by molar-refractivity contribution is 5.99. The Hall–Kier alpha value is -2.84. The van der Waals surface area contributed by atoms with Crippen molar-refractivity contribution in [1.82, 2.24) is 4.98 Å². The monoisotopic (exact) mass is 376 g/mol. The van der Waals surface area contributed by atoms with Crippen molar-refractivity contribution < 1.29 is 28.9 Å². The number of pyridine rings is 1. The van der Waals surface area contributed by atoms with Crippen molar-refractivity contribution in [3.8, 4) is 5.75 Å². The van der Waals surface area contributed by atoms with Gasteiger partial charge >= 0.3 is 5.97 Å². The Balaban J connectivity index is 0.000000313. The predicted molar refractivity (Wildman–Crippen MR) is 95.7 cm³/mol. The van der Waals surface area contributed by atoms with E-state index in [1.807, 2.05) is 0 Å². The number of aromatic nitrogens is 1. The number of nitrogens with one attached hydrogen (secondary N) is 1. The summed E-state index contributed by atoms with van der Waals surface area (Å²) in [5.74, 6) is -1.59. The van der Waals surface area contributed by atoms with Crippen LogP contribution in [0.1, 0.15) is 35.3 Å². The van der Waals surface area contributed by atoms with Crippen LogP contribution in [0.25, 0.3) is 0 Å². The van der Waals surface area contributed by atoms with Gasteiger partial charge in [-0.3, -0.25) is 10.4 Å². The van der Waals surface area contributed by atoms with Gasteiger partial charge in [0, 0.05) is 12.8 Å². The van der Waals surface area contributed by atoms with Crippen LogP contribution in [0.3, 0.4) is 0 Å². The molecule has 1 aliphatic heterocycles. The average molecular weight is 376 g/mol. The van der Waals surface area contributed by atoms with Crippen LogP contribution in [0.2, 0.25) is 0 Å². The molecule has 1 aliphatic rings. The first-order valence-electron chi connectivity index (χ1n) is 8.41. The number of aliphatic hydroxyl groups is 1. The first-order valence-corrected chi connectivity index (χ1v) is 8.41. The predicted octanol–water partition coefficient (Wildman–Crippen LogP) is 2.87. The van der Waals surface area contributed by atoms with E-state index in [-0.39, 0.29) is 29.3 Å². The van der Waals surface area contributed by atoms with Gasteiger partial charge in [-0.15, -0.1) is 0 Å². The van der Waals surface area contributed by atoms with Crippen LogP contribution in [0.4, 0.5) is 4.39 Å². The molecule has 3 N–H and O–H groups in total. The Morgan fingerprint density at radius 2 is 2.11 bits per heavy atom. The largest absolute Gasteiger partial charge is 0.484 e. The number of rotatable bonds is 5. The van der Waals surface area contributed by atoms with Crippen molar-refractivity contribution in [3.63, 3.8) is 0 Å². The minimum Gasteiger partial charge on any atom is -0.484 e. The number of aliphatic hydroxyl groups excluding tert-OH is 1. The zero-order valence-corrected chi connectivity index (χ0v) is 14.6. The third-order valence-electron chi connectivity index (χ3n) is 3.68. The van der Waals surface area contributed by atoms with E-state index < -0.39 is 18.1 Å². The number of carbonyl (C=O) groups is 1. The molecule has 0 saturated carbocycles. The van der Waals surface area contributed by atoms with E-state index >= 15 is 0 Å². The fourth-order valence-electron chi connectivity index (χ4n) is 2.24. The average Bonchev–Trinajstić information content (AvgIpc) is 2.68.